The summed E-state index contributed by atoms with van der Waals surface area (Å²) in [5.74, 6) is 0. The van der Waals surface area contributed by atoms with E-state index in [2.05, 4.69) is 240 Å². The fourth-order valence-corrected chi connectivity index (χ4v) is 11.3. The molecular formula is C56H38N2Se. The third-order valence-electron chi connectivity index (χ3n) is 11.4. The monoisotopic (exact) mass is 818 g/mol. The third-order valence-corrected chi connectivity index (χ3v) is 13.9. The van der Waals surface area contributed by atoms with Crippen LogP contribution in [0.5, 0.6) is 0 Å². The predicted molar refractivity (Wildman–Crippen MR) is 254 cm³/mol. The average molecular weight is 818 g/mol. The van der Waals surface area contributed by atoms with Crippen LogP contribution in [0.25, 0.3) is 63.1 Å². The number of hydrogen-bond acceptors (Lipinski definition) is 2. The molecule has 10 aromatic carbocycles. The van der Waals surface area contributed by atoms with E-state index in [1.165, 1.54) is 63.1 Å². The molecule has 0 amide bonds. The summed E-state index contributed by atoms with van der Waals surface area (Å²) in [6, 6.07) is 84.1. The number of anilines is 6. The van der Waals surface area contributed by atoms with E-state index in [0.29, 0.717) is 0 Å². The van der Waals surface area contributed by atoms with Crippen LogP contribution in [0.15, 0.2) is 231 Å². The minimum Gasteiger partial charge on any atom is -0.0617 e. The predicted octanol–water partition coefficient (Wildman–Crippen LogP) is 15.6. The van der Waals surface area contributed by atoms with Gasteiger partial charge in [0.15, 0.2) is 0 Å². The Morgan fingerprint density at radius 1 is 0.288 bits per heavy atom. The van der Waals surface area contributed by atoms with E-state index in [-0.39, 0.29) is 14.5 Å². The number of hydrogen-bond donors (Lipinski definition) is 0. The minimum atomic E-state index is 0.175. The van der Waals surface area contributed by atoms with Gasteiger partial charge >= 0.3 is 316 Å². The van der Waals surface area contributed by atoms with Gasteiger partial charge in [0.05, 0.1) is 0 Å². The van der Waals surface area contributed by atoms with Gasteiger partial charge in [-0.25, -0.2) is 0 Å². The molecule has 11 rings (SSSR count). The van der Waals surface area contributed by atoms with Crippen molar-refractivity contribution in [1.82, 2.24) is 0 Å². The van der Waals surface area contributed by atoms with Crippen LogP contribution in [-0.2, 0) is 0 Å². The Morgan fingerprint density at radius 2 is 0.746 bits per heavy atom. The van der Waals surface area contributed by atoms with Gasteiger partial charge in [0.25, 0.3) is 0 Å². The van der Waals surface area contributed by atoms with Crippen molar-refractivity contribution in [2.24, 2.45) is 0 Å². The summed E-state index contributed by atoms with van der Waals surface area (Å²) in [4.78, 5) is 4.86. The standard InChI is InChI=1S/C56H38N2Se/c1-5-15-39(16-6-1)41-25-31-46(32-26-41)57(44-19-9-3-10-20-44)48-37-52-49(35-29-43-30-36-51-50-23-13-14-24-54(50)59-56(51)55(43)52)53(38-48)58(45-21-11-4-12-22-45)47-33-27-42(28-34-47)40-17-7-2-8-18-40/h1-38H. The fourth-order valence-electron chi connectivity index (χ4n) is 8.61. The second-order valence-corrected chi connectivity index (χ2v) is 17.1. The maximum atomic E-state index is 2.44. The zero-order valence-corrected chi connectivity index (χ0v) is 34.0. The van der Waals surface area contributed by atoms with Gasteiger partial charge in [-0.05, 0) is 0 Å². The van der Waals surface area contributed by atoms with E-state index in [0.717, 1.165) is 34.1 Å². The first-order valence-corrected chi connectivity index (χ1v) is 21.8. The summed E-state index contributed by atoms with van der Waals surface area (Å²) in [6.45, 7) is 0. The molecule has 0 saturated heterocycles. The van der Waals surface area contributed by atoms with Crippen LogP contribution in [0.2, 0.25) is 0 Å². The van der Waals surface area contributed by atoms with Crippen molar-refractivity contribution in [3.63, 3.8) is 0 Å². The van der Waals surface area contributed by atoms with E-state index >= 15 is 0 Å². The first-order valence-electron chi connectivity index (χ1n) is 20.1. The number of para-hydroxylation sites is 2. The first kappa shape index (κ1) is 35.0. The molecule has 0 N–H and O–H groups in total. The van der Waals surface area contributed by atoms with Crippen molar-refractivity contribution in [3.8, 4) is 22.3 Å². The van der Waals surface area contributed by atoms with Crippen LogP contribution in [-0.4, -0.2) is 14.5 Å². The Bertz CT molecular complexity index is 3230. The Balaban J connectivity index is 1.21. The van der Waals surface area contributed by atoms with Gasteiger partial charge in [-0.15, -0.1) is 0 Å². The van der Waals surface area contributed by atoms with Crippen molar-refractivity contribution < 1.29 is 0 Å². The molecule has 1 heterocycles. The maximum absolute atomic E-state index is 2.44. The fraction of sp³-hybridized carbons (Fsp3) is 0. The molecule has 0 aliphatic heterocycles. The number of nitrogens with zero attached hydrogens (tertiary/aromatic N) is 2. The van der Waals surface area contributed by atoms with Gasteiger partial charge in [0.1, 0.15) is 0 Å². The van der Waals surface area contributed by atoms with Crippen LogP contribution >= 0.6 is 0 Å². The molecule has 0 saturated carbocycles. The van der Waals surface area contributed by atoms with Crippen molar-refractivity contribution in [2.75, 3.05) is 9.80 Å². The van der Waals surface area contributed by atoms with Gasteiger partial charge in [-0.2, -0.15) is 0 Å². The summed E-state index contributed by atoms with van der Waals surface area (Å²) in [6.07, 6.45) is 0. The van der Waals surface area contributed by atoms with Crippen LogP contribution in [0.1, 0.15) is 0 Å². The summed E-state index contributed by atoms with van der Waals surface area (Å²) in [5, 5.41) is 7.81. The SMILES string of the molecule is c1ccc(-c2ccc(N(c3ccccc3)c3cc(N(c4ccccc4)c4ccc(-c5ccccc5)cc4)c4ccc5ccc6c7ccccc7[se]c6c5c4c3)cc2)cc1. The summed E-state index contributed by atoms with van der Waals surface area (Å²) < 4.78 is 2.91. The second kappa shape index (κ2) is 15.0. The van der Waals surface area contributed by atoms with Gasteiger partial charge in [-0.3, -0.25) is 0 Å². The Morgan fingerprint density at radius 3 is 1.34 bits per heavy atom. The molecule has 2 nitrogen and oxygen atoms in total. The average Bonchev–Trinajstić information content (AvgIpc) is 3.70. The zero-order chi connectivity index (χ0) is 39.1. The molecule has 0 fully saturated rings. The van der Waals surface area contributed by atoms with Crippen LogP contribution in [0, 0.1) is 0 Å². The van der Waals surface area contributed by atoms with E-state index in [1.54, 1.807) is 0 Å². The number of benzene rings is 10. The normalized spacial score (nSPS) is 11.4. The number of fused-ring (bicyclic) bond motifs is 7. The van der Waals surface area contributed by atoms with Gasteiger partial charge in [-0.1, -0.05) is 36.4 Å². The number of rotatable bonds is 8. The molecule has 0 spiro atoms. The second-order valence-electron chi connectivity index (χ2n) is 14.9. The molecule has 0 aliphatic carbocycles. The Hall–Kier alpha value is -7.16. The molecule has 0 aliphatic rings. The quantitative estimate of drug-likeness (QED) is 0.111. The van der Waals surface area contributed by atoms with Gasteiger partial charge in [0, 0.05) is 0 Å². The van der Waals surface area contributed by atoms with Gasteiger partial charge in [0.2, 0.25) is 0 Å². The van der Waals surface area contributed by atoms with Crippen LogP contribution < -0.4 is 9.80 Å². The van der Waals surface area contributed by atoms with E-state index in [1.807, 2.05) is 0 Å². The molecule has 11 aromatic rings. The molecule has 278 valence electrons. The van der Waals surface area contributed by atoms with Crippen molar-refractivity contribution in [3.05, 3.63) is 231 Å². The van der Waals surface area contributed by atoms with E-state index < -0.39 is 0 Å². The molecular weight excluding hydrogens is 780 g/mol. The van der Waals surface area contributed by atoms with Crippen molar-refractivity contribution in [2.45, 2.75) is 0 Å². The third kappa shape index (κ3) is 6.38. The van der Waals surface area contributed by atoms with Crippen LogP contribution in [0.3, 0.4) is 0 Å². The van der Waals surface area contributed by atoms with Gasteiger partial charge < -0.3 is 0 Å². The Kier molecular flexibility index (Phi) is 8.89. The first-order chi connectivity index (χ1) is 29.3. The molecule has 0 unspecified atom stereocenters. The smallest absolute Gasteiger partial charge is 0.0617 e. The zero-order valence-electron chi connectivity index (χ0n) is 32.2. The minimum absolute atomic E-state index is 0.175. The summed E-state index contributed by atoms with van der Waals surface area (Å²) in [5.41, 5.74) is 11.4. The molecule has 0 radical (unpaired) electrons. The summed E-state index contributed by atoms with van der Waals surface area (Å²) in [7, 11) is 0. The molecule has 0 atom stereocenters. The van der Waals surface area contributed by atoms with E-state index in [4.69, 9.17) is 0 Å². The molecule has 1 aromatic heterocycles. The summed E-state index contributed by atoms with van der Waals surface area (Å²) >= 11 is 0.175. The molecule has 59 heavy (non-hydrogen) atoms. The molecule has 3 heteroatoms. The Labute approximate surface area is 350 Å². The topological polar surface area (TPSA) is 6.48 Å². The van der Waals surface area contributed by atoms with Crippen molar-refractivity contribution in [1.29, 1.82) is 0 Å². The van der Waals surface area contributed by atoms with E-state index in [9.17, 15) is 0 Å². The van der Waals surface area contributed by atoms with Crippen molar-refractivity contribution >= 4 is 89.5 Å². The van der Waals surface area contributed by atoms with Crippen LogP contribution in [0.4, 0.5) is 34.1 Å². The molecule has 0 bridgehead atoms.